The zero-order chi connectivity index (χ0) is 23.9. The monoisotopic (exact) mass is 444 g/mol. The predicted molar refractivity (Wildman–Crippen MR) is 130 cm³/mol. The van der Waals surface area contributed by atoms with E-state index in [0.29, 0.717) is 11.1 Å². The van der Waals surface area contributed by atoms with Gasteiger partial charge in [0.05, 0.1) is 15.4 Å². The maximum absolute atomic E-state index is 11.8. The number of hydrogen-bond donors (Lipinski definition) is 0. The van der Waals surface area contributed by atoms with Crippen LogP contribution in [0.3, 0.4) is 0 Å². The van der Waals surface area contributed by atoms with E-state index < -0.39 is 9.85 Å². The molecule has 0 aliphatic rings. The van der Waals surface area contributed by atoms with Crippen molar-refractivity contribution in [2.75, 3.05) is 0 Å². The molecule has 0 unspecified atom stereocenters. The molecule has 0 heterocycles. The summed E-state index contributed by atoms with van der Waals surface area (Å²) >= 11 is 0. The summed E-state index contributed by atoms with van der Waals surface area (Å²) in [5, 5.41) is 23.5. The van der Waals surface area contributed by atoms with Crippen molar-refractivity contribution in [3.63, 3.8) is 0 Å². The number of nitrogens with zero attached hydrogens (tertiary/aromatic N) is 2. The minimum atomic E-state index is -0.538. The van der Waals surface area contributed by atoms with Crippen LogP contribution in [0, 0.1) is 43.9 Å². The first-order valence-corrected chi connectivity index (χ1v) is 10.2. The molecule has 6 nitrogen and oxygen atoms in total. The van der Waals surface area contributed by atoms with Crippen molar-refractivity contribution in [1.82, 2.24) is 0 Å². The molecule has 0 atom stereocenters. The standard InChI is InChI=1S/C28H16N2O4/c31-29(32)27-20-25(17-16-24(27)15-13-22-9-5-2-6-10-22)26-18-14-23(19-28(26)30(33)34)12-11-21-7-3-1-4-8-21/h1-10,14,16-20H. The van der Waals surface area contributed by atoms with Crippen LogP contribution >= 0.6 is 0 Å². The molecule has 0 aliphatic heterocycles. The normalized spacial score (nSPS) is 9.76. The highest BCUT2D eigenvalue weighted by molar-refractivity contribution is 5.77. The lowest BCUT2D eigenvalue weighted by Crippen LogP contribution is -1.96. The Labute approximate surface area is 195 Å². The van der Waals surface area contributed by atoms with E-state index in [2.05, 4.69) is 23.7 Å². The van der Waals surface area contributed by atoms with Gasteiger partial charge in [-0.25, -0.2) is 0 Å². The molecule has 0 N–H and O–H groups in total. The molecule has 0 bridgehead atoms. The Morgan fingerprint density at radius 2 is 1.09 bits per heavy atom. The molecule has 0 aromatic heterocycles. The fourth-order valence-electron chi connectivity index (χ4n) is 3.29. The number of benzene rings is 4. The molecule has 0 saturated carbocycles. The van der Waals surface area contributed by atoms with Crippen LogP contribution in [0.1, 0.15) is 22.3 Å². The molecule has 4 aromatic carbocycles. The summed E-state index contributed by atoms with van der Waals surface area (Å²) in [6.45, 7) is 0. The summed E-state index contributed by atoms with van der Waals surface area (Å²) in [5.41, 5.74) is 2.43. The molecule has 0 spiro atoms. The van der Waals surface area contributed by atoms with Crippen molar-refractivity contribution in [3.8, 4) is 34.8 Å². The van der Waals surface area contributed by atoms with Crippen LogP contribution in [0.25, 0.3) is 11.1 Å². The van der Waals surface area contributed by atoms with Crippen LogP contribution in [-0.4, -0.2) is 9.85 Å². The third kappa shape index (κ3) is 5.16. The fraction of sp³-hybridized carbons (Fsp3) is 0. The number of rotatable bonds is 3. The maximum atomic E-state index is 11.8. The molecule has 162 valence electrons. The molecule has 0 saturated heterocycles. The van der Waals surface area contributed by atoms with E-state index >= 15 is 0 Å². The first-order chi connectivity index (χ1) is 16.5. The lowest BCUT2D eigenvalue weighted by molar-refractivity contribution is -0.385. The minimum Gasteiger partial charge on any atom is -0.258 e. The molecule has 0 radical (unpaired) electrons. The minimum absolute atomic E-state index is 0.183. The summed E-state index contributed by atoms with van der Waals surface area (Å²) < 4.78 is 0. The van der Waals surface area contributed by atoms with Gasteiger partial charge in [-0.05, 0) is 48.0 Å². The van der Waals surface area contributed by atoms with E-state index in [1.165, 1.54) is 18.2 Å². The SMILES string of the molecule is O=[N+]([O-])c1cc(-c2ccc(C#Cc3ccccc3)cc2[N+](=O)[O-])ccc1C#Cc1ccccc1. The molecule has 0 fully saturated rings. The van der Waals surface area contributed by atoms with Crippen molar-refractivity contribution in [2.45, 2.75) is 0 Å². The Bertz CT molecular complexity index is 1510. The molecule has 34 heavy (non-hydrogen) atoms. The third-order valence-electron chi connectivity index (χ3n) is 4.94. The average molecular weight is 444 g/mol. The van der Waals surface area contributed by atoms with Crippen molar-refractivity contribution in [3.05, 3.63) is 140 Å². The van der Waals surface area contributed by atoms with Gasteiger partial charge in [-0.1, -0.05) is 66.1 Å². The van der Waals surface area contributed by atoms with Crippen LogP contribution < -0.4 is 0 Å². The van der Waals surface area contributed by atoms with E-state index in [4.69, 9.17) is 0 Å². The largest absolute Gasteiger partial charge is 0.285 e. The Morgan fingerprint density at radius 1 is 0.529 bits per heavy atom. The summed E-state index contributed by atoms with van der Waals surface area (Å²) in [7, 11) is 0. The second kappa shape index (κ2) is 9.95. The number of nitro groups is 2. The molecule has 4 aromatic rings. The van der Waals surface area contributed by atoms with E-state index in [0.717, 1.165) is 11.1 Å². The quantitative estimate of drug-likeness (QED) is 0.221. The lowest BCUT2D eigenvalue weighted by atomic mass is 9.99. The van der Waals surface area contributed by atoms with Crippen molar-refractivity contribution in [1.29, 1.82) is 0 Å². The van der Waals surface area contributed by atoms with Gasteiger partial charge in [0.2, 0.25) is 0 Å². The molecular formula is C28H16N2O4. The van der Waals surface area contributed by atoms with E-state index in [9.17, 15) is 20.2 Å². The molecule has 0 aliphatic carbocycles. The fourth-order valence-corrected chi connectivity index (χ4v) is 3.29. The molecule has 6 heteroatoms. The van der Waals surface area contributed by atoms with Crippen molar-refractivity contribution in [2.24, 2.45) is 0 Å². The highest BCUT2D eigenvalue weighted by atomic mass is 16.6. The highest BCUT2D eigenvalue weighted by Crippen LogP contribution is 2.34. The van der Waals surface area contributed by atoms with E-state index in [1.54, 1.807) is 30.3 Å². The van der Waals surface area contributed by atoms with Gasteiger partial charge >= 0.3 is 0 Å². The van der Waals surface area contributed by atoms with Crippen LogP contribution in [0.5, 0.6) is 0 Å². The summed E-state index contributed by atoms with van der Waals surface area (Å²) in [6.07, 6.45) is 0. The van der Waals surface area contributed by atoms with E-state index in [-0.39, 0.29) is 22.5 Å². The van der Waals surface area contributed by atoms with Gasteiger partial charge in [-0.3, -0.25) is 20.2 Å². The summed E-state index contributed by atoms with van der Waals surface area (Å²) in [4.78, 5) is 22.4. The van der Waals surface area contributed by atoms with Gasteiger partial charge < -0.3 is 0 Å². The van der Waals surface area contributed by atoms with Gasteiger partial charge in [0.15, 0.2) is 0 Å². The summed E-state index contributed by atoms with van der Waals surface area (Å²) in [6, 6.07) is 27.4. The van der Waals surface area contributed by atoms with Gasteiger partial charge in [0, 0.05) is 28.8 Å². The van der Waals surface area contributed by atoms with Gasteiger partial charge in [0.1, 0.15) is 5.56 Å². The zero-order valence-electron chi connectivity index (χ0n) is 17.8. The zero-order valence-corrected chi connectivity index (χ0v) is 17.8. The van der Waals surface area contributed by atoms with E-state index in [1.807, 2.05) is 48.5 Å². The Morgan fingerprint density at radius 3 is 1.68 bits per heavy atom. The molecule has 4 rings (SSSR count). The van der Waals surface area contributed by atoms with Crippen LogP contribution in [0.15, 0.2) is 97.1 Å². The molecule has 0 amide bonds. The first-order valence-electron chi connectivity index (χ1n) is 10.2. The third-order valence-corrected chi connectivity index (χ3v) is 4.94. The molecular weight excluding hydrogens is 428 g/mol. The second-order valence-electron chi connectivity index (χ2n) is 7.21. The van der Waals surface area contributed by atoms with Gasteiger partial charge in [-0.15, -0.1) is 0 Å². The smallest absolute Gasteiger partial charge is 0.258 e. The Hall–Kier alpha value is -5.20. The van der Waals surface area contributed by atoms with Crippen LogP contribution in [-0.2, 0) is 0 Å². The van der Waals surface area contributed by atoms with Gasteiger partial charge in [-0.2, -0.15) is 0 Å². The van der Waals surface area contributed by atoms with Crippen LogP contribution in [0.4, 0.5) is 11.4 Å². The number of nitro benzene ring substituents is 2. The summed E-state index contributed by atoms with van der Waals surface area (Å²) in [5.74, 6) is 11.6. The first kappa shape index (κ1) is 22.0. The maximum Gasteiger partial charge on any atom is 0.285 e. The van der Waals surface area contributed by atoms with Crippen molar-refractivity contribution >= 4 is 11.4 Å². The highest BCUT2D eigenvalue weighted by Gasteiger charge is 2.20. The van der Waals surface area contributed by atoms with Gasteiger partial charge in [0.25, 0.3) is 11.4 Å². The Kier molecular flexibility index (Phi) is 6.44. The second-order valence-corrected chi connectivity index (χ2v) is 7.21. The van der Waals surface area contributed by atoms with Crippen LogP contribution in [0.2, 0.25) is 0 Å². The lowest BCUT2D eigenvalue weighted by Gasteiger charge is -2.05. The number of hydrogen-bond acceptors (Lipinski definition) is 4. The average Bonchev–Trinajstić information content (AvgIpc) is 2.87. The predicted octanol–water partition coefficient (Wildman–Crippen LogP) is 5.97. The Balaban J connectivity index is 1.73. The van der Waals surface area contributed by atoms with Crippen molar-refractivity contribution < 1.29 is 9.85 Å². The topological polar surface area (TPSA) is 86.3 Å².